The Balaban J connectivity index is 2.13. The van der Waals surface area contributed by atoms with Crippen LogP contribution in [-0.2, 0) is 0 Å². The SMILES string of the molecule is COc1cc(F)cc(NC2CCCC2C#N)c1. The average molecular weight is 234 g/mol. The number of ether oxygens (including phenoxy) is 1. The molecule has 90 valence electrons. The van der Waals surface area contributed by atoms with E-state index in [-0.39, 0.29) is 17.8 Å². The van der Waals surface area contributed by atoms with E-state index < -0.39 is 0 Å². The number of halogens is 1. The van der Waals surface area contributed by atoms with Crippen molar-refractivity contribution in [3.63, 3.8) is 0 Å². The van der Waals surface area contributed by atoms with Crippen LogP contribution < -0.4 is 10.1 Å². The lowest BCUT2D eigenvalue weighted by molar-refractivity contribution is 0.411. The Bertz CT molecular complexity index is 442. The Hall–Kier alpha value is -1.76. The average Bonchev–Trinajstić information content (AvgIpc) is 2.75. The van der Waals surface area contributed by atoms with Gasteiger partial charge in [-0.25, -0.2) is 4.39 Å². The number of methoxy groups -OCH3 is 1. The normalized spacial score (nSPS) is 23.1. The van der Waals surface area contributed by atoms with Crippen LogP contribution in [0.15, 0.2) is 18.2 Å². The van der Waals surface area contributed by atoms with Crippen molar-refractivity contribution in [3.05, 3.63) is 24.0 Å². The van der Waals surface area contributed by atoms with Crippen LogP contribution in [0.5, 0.6) is 5.75 Å². The zero-order valence-electron chi connectivity index (χ0n) is 9.74. The van der Waals surface area contributed by atoms with E-state index in [1.807, 2.05) is 0 Å². The largest absolute Gasteiger partial charge is 0.497 e. The summed E-state index contributed by atoms with van der Waals surface area (Å²) in [4.78, 5) is 0. The smallest absolute Gasteiger partial charge is 0.128 e. The minimum atomic E-state index is -0.335. The molecule has 1 fully saturated rings. The number of nitriles is 1. The minimum Gasteiger partial charge on any atom is -0.497 e. The van der Waals surface area contributed by atoms with E-state index in [1.165, 1.54) is 19.2 Å². The highest BCUT2D eigenvalue weighted by atomic mass is 19.1. The van der Waals surface area contributed by atoms with Crippen LogP contribution in [0.4, 0.5) is 10.1 Å². The van der Waals surface area contributed by atoms with E-state index in [4.69, 9.17) is 10.00 Å². The van der Waals surface area contributed by atoms with Crippen molar-refractivity contribution in [1.29, 1.82) is 5.26 Å². The number of nitrogens with zero attached hydrogens (tertiary/aromatic N) is 1. The van der Waals surface area contributed by atoms with Gasteiger partial charge in [0.2, 0.25) is 0 Å². The van der Waals surface area contributed by atoms with Crippen LogP contribution in [0.25, 0.3) is 0 Å². The van der Waals surface area contributed by atoms with Crippen LogP contribution in [0.3, 0.4) is 0 Å². The molecule has 0 heterocycles. The fraction of sp³-hybridized carbons (Fsp3) is 0.462. The lowest BCUT2D eigenvalue weighted by atomic mass is 10.1. The molecule has 3 nitrogen and oxygen atoms in total. The molecule has 1 aromatic rings. The molecule has 1 N–H and O–H groups in total. The fourth-order valence-corrected chi connectivity index (χ4v) is 2.27. The maximum Gasteiger partial charge on any atom is 0.128 e. The van der Waals surface area contributed by atoms with Gasteiger partial charge in [-0.1, -0.05) is 0 Å². The zero-order valence-corrected chi connectivity index (χ0v) is 9.74. The van der Waals surface area contributed by atoms with E-state index in [0.717, 1.165) is 19.3 Å². The summed E-state index contributed by atoms with van der Waals surface area (Å²) in [7, 11) is 1.51. The quantitative estimate of drug-likeness (QED) is 0.874. The Morgan fingerprint density at radius 1 is 1.41 bits per heavy atom. The molecule has 0 spiro atoms. The van der Waals surface area contributed by atoms with E-state index in [2.05, 4.69) is 11.4 Å². The molecule has 4 heteroatoms. The summed E-state index contributed by atoms with van der Waals surface area (Å²) in [5.74, 6) is 0.168. The van der Waals surface area contributed by atoms with E-state index in [0.29, 0.717) is 11.4 Å². The van der Waals surface area contributed by atoms with E-state index >= 15 is 0 Å². The Morgan fingerprint density at radius 3 is 2.94 bits per heavy atom. The number of nitrogens with one attached hydrogen (secondary N) is 1. The second kappa shape index (κ2) is 5.05. The third-order valence-electron chi connectivity index (χ3n) is 3.14. The third-order valence-corrected chi connectivity index (χ3v) is 3.14. The molecule has 0 bridgehead atoms. The van der Waals surface area contributed by atoms with Gasteiger partial charge >= 0.3 is 0 Å². The molecule has 1 saturated carbocycles. The molecule has 1 aliphatic rings. The number of hydrogen-bond donors (Lipinski definition) is 1. The third kappa shape index (κ3) is 2.68. The minimum absolute atomic E-state index is 0.0178. The summed E-state index contributed by atoms with van der Waals surface area (Å²) < 4.78 is 18.3. The van der Waals surface area contributed by atoms with Crippen LogP contribution in [-0.4, -0.2) is 13.2 Å². The molecule has 17 heavy (non-hydrogen) atoms. The Kier molecular flexibility index (Phi) is 3.48. The van der Waals surface area contributed by atoms with Gasteiger partial charge < -0.3 is 10.1 Å². The van der Waals surface area contributed by atoms with Gasteiger partial charge in [-0.15, -0.1) is 0 Å². The molecule has 0 aromatic heterocycles. The maximum atomic E-state index is 13.3. The molecule has 0 aliphatic heterocycles. The molecule has 2 atom stereocenters. The van der Waals surface area contributed by atoms with Crippen LogP contribution in [0.1, 0.15) is 19.3 Å². The fourth-order valence-electron chi connectivity index (χ4n) is 2.27. The molecule has 0 amide bonds. The summed E-state index contributed by atoms with van der Waals surface area (Å²) in [6.07, 6.45) is 2.92. The van der Waals surface area contributed by atoms with Gasteiger partial charge in [0.1, 0.15) is 11.6 Å². The van der Waals surface area contributed by atoms with Gasteiger partial charge in [0.15, 0.2) is 0 Å². The molecule has 2 unspecified atom stereocenters. The molecule has 2 rings (SSSR count). The second-order valence-electron chi connectivity index (χ2n) is 4.30. The highest BCUT2D eigenvalue weighted by Crippen LogP contribution is 2.29. The summed E-state index contributed by atoms with van der Waals surface area (Å²) in [6, 6.07) is 6.91. The second-order valence-corrected chi connectivity index (χ2v) is 4.30. The van der Waals surface area contributed by atoms with Gasteiger partial charge in [0.05, 0.1) is 19.1 Å². The van der Waals surface area contributed by atoms with Crippen LogP contribution in [0, 0.1) is 23.1 Å². The van der Waals surface area contributed by atoms with Crippen molar-refractivity contribution >= 4 is 5.69 Å². The van der Waals surface area contributed by atoms with Crippen molar-refractivity contribution in [1.82, 2.24) is 0 Å². The molecule has 0 saturated heterocycles. The molecular formula is C13H15FN2O. The number of rotatable bonds is 3. The van der Waals surface area contributed by atoms with Crippen molar-refractivity contribution in [3.8, 4) is 11.8 Å². The Morgan fingerprint density at radius 2 is 2.24 bits per heavy atom. The van der Waals surface area contributed by atoms with Crippen molar-refractivity contribution in [2.24, 2.45) is 5.92 Å². The lowest BCUT2D eigenvalue weighted by Gasteiger charge is -2.17. The summed E-state index contributed by atoms with van der Waals surface area (Å²) >= 11 is 0. The molecule has 1 aliphatic carbocycles. The first-order valence-corrected chi connectivity index (χ1v) is 5.73. The number of anilines is 1. The van der Waals surface area contributed by atoms with Gasteiger partial charge in [-0.2, -0.15) is 5.26 Å². The van der Waals surface area contributed by atoms with Crippen LogP contribution in [0.2, 0.25) is 0 Å². The van der Waals surface area contributed by atoms with Crippen molar-refractivity contribution in [2.75, 3.05) is 12.4 Å². The monoisotopic (exact) mass is 234 g/mol. The number of benzene rings is 1. The Labute approximate surface area is 100 Å². The predicted molar refractivity (Wildman–Crippen MR) is 63.3 cm³/mol. The van der Waals surface area contributed by atoms with Crippen molar-refractivity contribution < 1.29 is 9.13 Å². The highest BCUT2D eigenvalue weighted by Gasteiger charge is 2.26. The van der Waals surface area contributed by atoms with E-state index in [9.17, 15) is 4.39 Å². The lowest BCUT2D eigenvalue weighted by Crippen LogP contribution is -2.22. The van der Waals surface area contributed by atoms with Gasteiger partial charge in [-0.3, -0.25) is 0 Å². The first-order valence-electron chi connectivity index (χ1n) is 5.73. The zero-order chi connectivity index (χ0) is 12.3. The standard InChI is InChI=1S/C13H15FN2O/c1-17-12-6-10(14)5-11(7-12)16-13-4-2-3-9(13)8-15/h5-7,9,13,16H,2-4H2,1H3. The summed E-state index contributed by atoms with van der Waals surface area (Å²) in [5, 5.41) is 12.2. The van der Waals surface area contributed by atoms with Gasteiger partial charge in [0.25, 0.3) is 0 Å². The first-order chi connectivity index (χ1) is 8.22. The highest BCUT2D eigenvalue weighted by molar-refractivity contribution is 5.49. The molecule has 0 radical (unpaired) electrons. The predicted octanol–water partition coefficient (Wildman–Crippen LogP) is 2.94. The summed E-state index contributed by atoms with van der Waals surface area (Å²) in [5.41, 5.74) is 0.675. The molecule has 1 aromatic carbocycles. The topological polar surface area (TPSA) is 45.0 Å². The van der Waals surface area contributed by atoms with Crippen LogP contribution >= 0.6 is 0 Å². The van der Waals surface area contributed by atoms with Gasteiger partial charge in [0, 0.05) is 23.9 Å². The number of hydrogen-bond acceptors (Lipinski definition) is 3. The van der Waals surface area contributed by atoms with E-state index in [1.54, 1.807) is 6.07 Å². The maximum absolute atomic E-state index is 13.3. The first kappa shape index (κ1) is 11.7. The van der Waals surface area contributed by atoms with Gasteiger partial charge in [-0.05, 0) is 25.3 Å². The van der Waals surface area contributed by atoms with Crippen molar-refractivity contribution in [2.45, 2.75) is 25.3 Å². The summed E-state index contributed by atoms with van der Waals surface area (Å²) in [6.45, 7) is 0. The molecular weight excluding hydrogens is 219 g/mol.